The molecule has 0 spiro atoms. The molecule has 0 aromatic carbocycles. The van der Waals surface area contributed by atoms with Crippen molar-refractivity contribution in [2.45, 2.75) is 0 Å². The second kappa shape index (κ2) is 4.39. The molecule has 0 N–H and O–H groups in total. The topological polar surface area (TPSA) is 51.6 Å². The lowest BCUT2D eigenvalue weighted by Crippen LogP contribution is -1.78. The van der Waals surface area contributed by atoms with Crippen molar-refractivity contribution in [1.29, 1.82) is 0 Å². The van der Waals surface area contributed by atoms with Gasteiger partial charge in [-0.15, -0.1) is 10.2 Å². The number of pyridine rings is 2. The lowest BCUT2D eigenvalue weighted by atomic mass is 10.3. The first-order chi connectivity index (χ1) is 8.43. The molecule has 0 bridgehead atoms. The lowest BCUT2D eigenvalue weighted by Gasteiger charge is -1.92. The Hall–Kier alpha value is -2.14. The van der Waals surface area contributed by atoms with Crippen molar-refractivity contribution in [2.75, 3.05) is 0 Å². The van der Waals surface area contributed by atoms with Gasteiger partial charge in [0.25, 0.3) is 0 Å². The number of hydrogen-bond acceptors (Lipinski definition) is 5. The molecule has 4 nitrogen and oxygen atoms in total. The number of hydrogen-bond donors (Lipinski definition) is 0. The van der Waals surface area contributed by atoms with E-state index in [0.29, 0.717) is 0 Å². The van der Waals surface area contributed by atoms with Crippen LogP contribution in [0.3, 0.4) is 0 Å². The van der Waals surface area contributed by atoms with Crippen LogP contribution in [-0.4, -0.2) is 20.2 Å². The maximum Gasteiger partial charge on any atom is 0.149 e. The summed E-state index contributed by atoms with van der Waals surface area (Å²) in [6, 6.07) is 7.72. The second-order valence-corrected chi connectivity index (χ2v) is 4.37. The van der Waals surface area contributed by atoms with Gasteiger partial charge in [-0.05, 0) is 24.3 Å². The van der Waals surface area contributed by atoms with Gasteiger partial charge in [-0.3, -0.25) is 9.97 Å². The van der Waals surface area contributed by atoms with Crippen molar-refractivity contribution < 1.29 is 0 Å². The second-order valence-electron chi connectivity index (χ2n) is 3.39. The molecular weight excluding hydrogens is 232 g/mol. The van der Waals surface area contributed by atoms with Gasteiger partial charge in [-0.2, -0.15) is 0 Å². The highest BCUT2D eigenvalue weighted by molar-refractivity contribution is 7.17. The monoisotopic (exact) mass is 240 g/mol. The summed E-state index contributed by atoms with van der Waals surface area (Å²) < 4.78 is 0. The summed E-state index contributed by atoms with van der Waals surface area (Å²) in [5.74, 6) is 0. The summed E-state index contributed by atoms with van der Waals surface area (Å²) in [5, 5.41) is 10.1. The standard InChI is InChI=1S/C12H8N4S/c1-2-10(8-14-5-1)12-16-15-11(17-12)9-3-6-13-7-4-9/h1-8H. The SMILES string of the molecule is c1cncc(-c2nnc(-c3ccncc3)s2)c1. The minimum absolute atomic E-state index is 0.880. The van der Waals surface area contributed by atoms with Gasteiger partial charge >= 0.3 is 0 Å². The zero-order chi connectivity index (χ0) is 11.5. The first-order valence-corrected chi connectivity index (χ1v) is 5.89. The van der Waals surface area contributed by atoms with E-state index in [2.05, 4.69) is 20.2 Å². The third-order valence-corrected chi connectivity index (χ3v) is 3.28. The zero-order valence-electron chi connectivity index (χ0n) is 8.82. The Bertz CT molecular complexity index is 553. The van der Waals surface area contributed by atoms with Crippen molar-refractivity contribution in [3.05, 3.63) is 49.1 Å². The molecule has 0 amide bonds. The quantitative estimate of drug-likeness (QED) is 0.691. The molecule has 0 fully saturated rings. The number of nitrogens with zero attached hydrogens (tertiary/aromatic N) is 4. The van der Waals surface area contributed by atoms with Gasteiger partial charge in [0.15, 0.2) is 0 Å². The summed E-state index contributed by atoms with van der Waals surface area (Å²) in [6.07, 6.45) is 7.03. The van der Waals surface area contributed by atoms with E-state index in [0.717, 1.165) is 21.1 Å². The first kappa shape index (κ1) is 10.0. The Labute approximate surface area is 102 Å². The van der Waals surface area contributed by atoms with E-state index in [1.165, 1.54) is 0 Å². The fourth-order valence-corrected chi connectivity index (χ4v) is 2.28. The highest BCUT2D eigenvalue weighted by Gasteiger charge is 2.07. The van der Waals surface area contributed by atoms with Crippen LogP contribution in [0.4, 0.5) is 0 Å². The van der Waals surface area contributed by atoms with E-state index in [9.17, 15) is 0 Å². The summed E-state index contributed by atoms with van der Waals surface area (Å²) in [6.45, 7) is 0. The van der Waals surface area contributed by atoms with E-state index in [1.807, 2.05) is 24.3 Å². The van der Waals surface area contributed by atoms with Gasteiger partial charge in [0.05, 0.1) is 0 Å². The van der Waals surface area contributed by atoms with Crippen molar-refractivity contribution in [3.8, 4) is 21.1 Å². The summed E-state index contributed by atoms with van der Waals surface area (Å²) >= 11 is 1.55. The fraction of sp³-hybridized carbons (Fsp3) is 0. The minimum atomic E-state index is 0.880. The van der Waals surface area contributed by atoms with Crippen LogP contribution < -0.4 is 0 Å². The molecule has 0 saturated heterocycles. The lowest BCUT2D eigenvalue weighted by molar-refractivity contribution is 1.10. The summed E-state index contributed by atoms with van der Waals surface area (Å²) in [4.78, 5) is 8.05. The molecule has 3 rings (SSSR count). The predicted octanol–water partition coefficient (Wildman–Crippen LogP) is 2.66. The van der Waals surface area contributed by atoms with E-state index in [-0.39, 0.29) is 0 Å². The molecule has 0 aliphatic heterocycles. The fourth-order valence-electron chi connectivity index (χ4n) is 1.44. The van der Waals surface area contributed by atoms with Crippen LogP contribution in [0, 0.1) is 0 Å². The maximum absolute atomic E-state index is 4.18. The Balaban J connectivity index is 1.99. The molecule has 0 aliphatic rings. The molecule has 0 aliphatic carbocycles. The zero-order valence-corrected chi connectivity index (χ0v) is 9.63. The van der Waals surface area contributed by atoms with Crippen molar-refractivity contribution in [3.63, 3.8) is 0 Å². The van der Waals surface area contributed by atoms with Gasteiger partial charge in [-0.1, -0.05) is 11.3 Å². The normalized spacial score (nSPS) is 10.4. The Morgan fingerprint density at radius 3 is 2.24 bits per heavy atom. The van der Waals surface area contributed by atoms with Gasteiger partial charge in [0.1, 0.15) is 10.0 Å². The molecule has 17 heavy (non-hydrogen) atoms. The molecule has 5 heteroatoms. The van der Waals surface area contributed by atoms with Crippen LogP contribution in [0.1, 0.15) is 0 Å². The van der Waals surface area contributed by atoms with Gasteiger partial charge in [0.2, 0.25) is 0 Å². The van der Waals surface area contributed by atoms with Crippen LogP contribution in [0.5, 0.6) is 0 Å². The van der Waals surface area contributed by atoms with Gasteiger partial charge in [0, 0.05) is 35.9 Å². The van der Waals surface area contributed by atoms with E-state index < -0.39 is 0 Å². The minimum Gasteiger partial charge on any atom is -0.265 e. The van der Waals surface area contributed by atoms with Crippen molar-refractivity contribution in [2.24, 2.45) is 0 Å². The summed E-state index contributed by atoms with van der Waals surface area (Å²) in [5.41, 5.74) is 2.03. The Morgan fingerprint density at radius 2 is 1.53 bits per heavy atom. The van der Waals surface area contributed by atoms with E-state index >= 15 is 0 Å². The van der Waals surface area contributed by atoms with Crippen LogP contribution >= 0.6 is 11.3 Å². The molecule has 3 heterocycles. The first-order valence-electron chi connectivity index (χ1n) is 5.08. The maximum atomic E-state index is 4.18. The largest absolute Gasteiger partial charge is 0.265 e. The summed E-state index contributed by atoms with van der Waals surface area (Å²) in [7, 11) is 0. The van der Waals surface area contributed by atoms with Gasteiger partial charge < -0.3 is 0 Å². The van der Waals surface area contributed by atoms with Crippen LogP contribution in [-0.2, 0) is 0 Å². The van der Waals surface area contributed by atoms with Crippen LogP contribution in [0.2, 0.25) is 0 Å². The highest BCUT2D eigenvalue weighted by atomic mass is 32.1. The third kappa shape index (κ3) is 2.05. The average Bonchev–Trinajstić information content (AvgIpc) is 2.90. The Morgan fingerprint density at radius 1 is 0.765 bits per heavy atom. The van der Waals surface area contributed by atoms with E-state index in [4.69, 9.17) is 0 Å². The molecular formula is C12H8N4S. The molecule has 0 radical (unpaired) electrons. The smallest absolute Gasteiger partial charge is 0.149 e. The number of rotatable bonds is 2. The molecule has 0 atom stereocenters. The van der Waals surface area contributed by atoms with E-state index in [1.54, 1.807) is 36.1 Å². The molecule has 0 unspecified atom stereocenters. The highest BCUT2D eigenvalue weighted by Crippen LogP contribution is 2.28. The number of aromatic nitrogens is 4. The van der Waals surface area contributed by atoms with Crippen molar-refractivity contribution >= 4 is 11.3 Å². The molecule has 3 aromatic rings. The molecule has 3 aromatic heterocycles. The molecule has 82 valence electrons. The van der Waals surface area contributed by atoms with Gasteiger partial charge in [-0.25, -0.2) is 0 Å². The van der Waals surface area contributed by atoms with Crippen LogP contribution in [0.15, 0.2) is 49.1 Å². The van der Waals surface area contributed by atoms with Crippen molar-refractivity contribution in [1.82, 2.24) is 20.2 Å². The third-order valence-electron chi connectivity index (χ3n) is 2.26. The van der Waals surface area contributed by atoms with Crippen LogP contribution in [0.25, 0.3) is 21.1 Å². The predicted molar refractivity (Wildman–Crippen MR) is 66.4 cm³/mol. The molecule has 0 saturated carbocycles. The Kier molecular flexibility index (Phi) is 2.59. The average molecular weight is 240 g/mol.